The molecular weight excluding hydrogens is 467 g/mol. The molecule has 6 nitrogen and oxygen atoms in total. The first kappa shape index (κ1) is 22.7. The summed E-state index contributed by atoms with van der Waals surface area (Å²) in [4.78, 5) is 32.6. The van der Waals surface area contributed by atoms with Crippen molar-refractivity contribution in [2.45, 2.75) is 19.9 Å². The molecule has 1 atom stereocenters. The van der Waals surface area contributed by atoms with Crippen LogP contribution in [0.15, 0.2) is 66.2 Å². The molecule has 1 aromatic heterocycles. The fraction of sp³-hybridized carbons (Fsp3) is 0.148. The van der Waals surface area contributed by atoms with E-state index in [0.717, 1.165) is 10.3 Å². The fourth-order valence-electron chi connectivity index (χ4n) is 4.20. The molecule has 1 saturated heterocycles. The van der Waals surface area contributed by atoms with E-state index in [2.05, 4.69) is 4.98 Å². The number of ether oxygens (including phenoxy) is 1. The number of Topliss-reactive ketones (excluding diaryl/α,β-unsaturated/α-hetero) is 1. The predicted octanol–water partition coefficient (Wildman–Crippen LogP) is 5.69. The van der Waals surface area contributed by atoms with Crippen molar-refractivity contribution in [1.29, 1.82) is 0 Å². The zero-order valence-electron chi connectivity index (χ0n) is 19.2. The van der Waals surface area contributed by atoms with Crippen molar-refractivity contribution in [3.8, 4) is 5.75 Å². The van der Waals surface area contributed by atoms with Gasteiger partial charge in [0.1, 0.15) is 17.3 Å². The van der Waals surface area contributed by atoms with E-state index < -0.39 is 23.5 Å². The van der Waals surface area contributed by atoms with Crippen LogP contribution in [0.25, 0.3) is 16.0 Å². The Morgan fingerprint density at radius 1 is 1.06 bits per heavy atom. The van der Waals surface area contributed by atoms with Crippen LogP contribution in [0.5, 0.6) is 5.75 Å². The van der Waals surface area contributed by atoms with Gasteiger partial charge in [-0.3, -0.25) is 14.5 Å². The summed E-state index contributed by atoms with van der Waals surface area (Å²) in [5.74, 6) is -1.82. The Kier molecular flexibility index (Phi) is 5.61. The van der Waals surface area contributed by atoms with Crippen molar-refractivity contribution in [3.05, 3.63) is 94.3 Å². The number of nitrogens with zero attached hydrogens (tertiary/aromatic N) is 2. The third kappa shape index (κ3) is 3.85. The molecule has 1 aliphatic heterocycles. The molecule has 5 rings (SSSR count). The fourth-order valence-corrected chi connectivity index (χ4v) is 5.29. The quantitative estimate of drug-likeness (QED) is 0.227. The van der Waals surface area contributed by atoms with Gasteiger partial charge in [0.25, 0.3) is 5.78 Å². The van der Waals surface area contributed by atoms with Gasteiger partial charge in [0.2, 0.25) is 0 Å². The van der Waals surface area contributed by atoms with Crippen LogP contribution in [0.2, 0.25) is 0 Å². The average molecular weight is 489 g/mol. The number of fused-ring (bicyclic) bond motifs is 1. The number of ketones is 1. The lowest BCUT2D eigenvalue weighted by Crippen LogP contribution is -2.29. The largest absolute Gasteiger partial charge is 0.507 e. The number of hydrogen-bond acceptors (Lipinski definition) is 6. The molecule has 1 fully saturated rings. The monoisotopic (exact) mass is 488 g/mol. The highest BCUT2D eigenvalue weighted by atomic mass is 32.1. The number of aromatic nitrogens is 1. The van der Waals surface area contributed by atoms with Crippen LogP contribution in [0, 0.1) is 19.7 Å². The number of aliphatic hydroxyl groups is 1. The highest BCUT2D eigenvalue weighted by Gasteiger charge is 2.48. The van der Waals surface area contributed by atoms with E-state index in [4.69, 9.17) is 4.74 Å². The van der Waals surface area contributed by atoms with Crippen molar-refractivity contribution >= 4 is 44.1 Å². The van der Waals surface area contributed by atoms with Gasteiger partial charge in [0.05, 0.1) is 28.9 Å². The lowest BCUT2D eigenvalue weighted by molar-refractivity contribution is -0.132. The van der Waals surface area contributed by atoms with Crippen LogP contribution in [0.1, 0.15) is 28.3 Å². The zero-order chi connectivity index (χ0) is 24.9. The van der Waals surface area contributed by atoms with E-state index in [1.807, 2.05) is 25.1 Å². The maximum absolute atomic E-state index is 13.9. The van der Waals surface area contributed by atoms with E-state index in [1.54, 1.807) is 38.3 Å². The van der Waals surface area contributed by atoms with E-state index in [9.17, 15) is 19.1 Å². The highest BCUT2D eigenvalue weighted by molar-refractivity contribution is 7.22. The van der Waals surface area contributed by atoms with Gasteiger partial charge >= 0.3 is 5.91 Å². The maximum Gasteiger partial charge on any atom is 0.301 e. The van der Waals surface area contributed by atoms with Gasteiger partial charge in [-0.1, -0.05) is 29.5 Å². The van der Waals surface area contributed by atoms with Gasteiger partial charge in [-0.15, -0.1) is 0 Å². The number of halogens is 1. The first-order chi connectivity index (χ1) is 16.8. The van der Waals surface area contributed by atoms with Crippen LogP contribution in [-0.4, -0.2) is 28.9 Å². The minimum Gasteiger partial charge on any atom is -0.507 e. The smallest absolute Gasteiger partial charge is 0.301 e. The molecule has 35 heavy (non-hydrogen) atoms. The second-order valence-electron chi connectivity index (χ2n) is 8.37. The van der Waals surface area contributed by atoms with Gasteiger partial charge < -0.3 is 9.84 Å². The minimum atomic E-state index is -0.923. The van der Waals surface area contributed by atoms with Crippen LogP contribution in [-0.2, 0) is 9.59 Å². The number of aliphatic hydroxyl groups excluding tert-OH is 1. The number of rotatable bonds is 4. The summed E-state index contributed by atoms with van der Waals surface area (Å²) in [6.45, 7) is 3.53. The molecule has 1 N–H and O–H groups in total. The Labute approximate surface area is 204 Å². The van der Waals surface area contributed by atoms with Crippen molar-refractivity contribution in [3.63, 3.8) is 0 Å². The molecule has 0 spiro atoms. The third-order valence-electron chi connectivity index (χ3n) is 6.05. The molecule has 0 radical (unpaired) electrons. The Hall–Kier alpha value is -4.04. The molecule has 8 heteroatoms. The summed E-state index contributed by atoms with van der Waals surface area (Å²) >= 11 is 1.30. The molecule has 0 aliphatic carbocycles. The number of anilines is 1. The second-order valence-corrected chi connectivity index (χ2v) is 9.38. The van der Waals surface area contributed by atoms with Crippen LogP contribution >= 0.6 is 11.3 Å². The maximum atomic E-state index is 13.9. The lowest BCUT2D eigenvalue weighted by atomic mass is 9.95. The minimum absolute atomic E-state index is 0.0818. The number of amides is 1. The normalized spacial score (nSPS) is 17.4. The molecule has 176 valence electrons. The molecule has 2 heterocycles. The summed E-state index contributed by atoms with van der Waals surface area (Å²) in [5, 5.41) is 11.6. The van der Waals surface area contributed by atoms with Crippen molar-refractivity contribution in [1.82, 2.24) is 4.98 Å². The summed E-state index contributed by atoms with van der Waals surface area (Å²) in [7, 11) is 1.54. The Bertz CT molecular complexity index is 1520. The third-order valence-corrected chi connectivity index (χ3v) is 7.06. The van der Waals surface area contributed by atoms with E-state index >= 15 is 0 Å². The standard InChI is InChI=1S/C27H21FN2O4S/c1-14-4-11-20-21(12-14)35-27(29-20)30-23(16-5-8-18(34-3)9-6-16)22(25(32)26(30)33)24(31)17-7-10-19(28)15(2)13-17/h4-13,23,31H,1-3H3/b24-22+. The van der Waals surface area contributed by atoms with Gasteiger partial charge in [-0.25, -0.2) is 9.37 Å². The molecule has 3 aromatic carbocycles. The number of carbonyl (C=O) groups is 2. The molecule has 1 amide bonds. The SMILES string of the molecule is COc1ccc(C2/C(=C(\O)c3ccc(F)c(C)c3)C(=O)C(=O)N2c2nc3ccc(C)cc3s2)cc1. The zero-order valence-corrected chi connectivity index (χ0v) is 20.0. The second kappa shape index (κ2) is 8.63. The molecule has 1 unspecified atom stereocenters. The highest BCUT2D eigenvalue weighted by Crippen LogP contribution is 2.44. The van der Waals surface area contributed by atoms with Crippen molar-refractivity contribution < 1.29 is 23.8 Å². The molecule has 0 saturated carbocycles. The summed E-state index contributed by atoms with van der Waals surface area (Å²) in [6.07, 6.45) is 0. The first-order valence-electron chi connectivity index (χ1n) is 10.9. The number of hydrogen-bond donors (Lipinski definition) is 1. The first-order valence-corrected chi connectivity index (χ1v) is 11.7. The number of methoxy groups -OCH3 is 1. The Balaban J connectivity index is 1.73. The van der Waals surface area contributed by atoms with E-state index in [1.165, 1.54) is 34.4 Å². The number of carbonyl (C=O) groups excluding carboxylic acids is 2. The van der Waals surface area contributed by atoms with E-state index in [0.29, 0.717) is 27.5 Å². The molecule has 4 aromatic rings. The number of benzene rings is 3. The molecule has 0 bridgehead atoms. The lowest BCUT2D eigenvalue weighted by Gasteiger charge is -2.23. The number of thiazole rings is 1. The topological polar surface area (TPSA) is 79.7 Å². The van der Waals surface area contributed by atoms with Crippen molar-refractivity contribution in [2.75, 3.05) is 12.0 Å². The van der Waals surface area contributed by atoms with Crippen molar-refractivity contribution in [2.24, 2.45) is 0 Å². The molecular formula is C27H21FN2O4S. The Morgan fingerprint density at radius 2 is 1.80 bits per heavy atom. The van der Waals surface area contributed by atoms with Crippen LogP contribution < -0.4 is 9.64 Å². The Morgan fingerprint density at radius 3 is 2.49 bits per heavy atom. The summed E-state index contributed by atoms with van der Waals surface area (Å²) in [5.41, 5.74) is 2.84. The van der Waals surface area contributed by atoms with Gasteiger partial charge in [0, 0.05) is 5.56 Å². The van der Waals surface area contributed by atoms with E-state index in [-0.39, 0.29) is 16.9 Å². The average Bonchev–Trinajstić information content (AvgIpc) is 3.38. The summed E-state index contributed by atoms with van der Waals surface area (Å²) < 4.78 is 20.0. The summed E-state index contributed by atoms with van der Waals surface area (Å²) in [6, 6.07) is 15.8. The van der Waals surface area contributed by atoms with Crippen LogP contribution in [0.4, 0.5) is 9.52 Å². The van der Waals surface area contributed by atoms with Gasteiger partial charge in [-0.05, 0) is 73.0 Å². The predicted molar refractivity (Wildman–Crippen MR) is 133 cm³/mol. The number of aryl methyl sites for hydroxylation is 2. The van der Waals surface area contributed by atoms with Gasteiger partial charge in [0.15, 0.2) is 5.13 Å². The van der Waals surface area contributed by atoms with Gasteiger partial charge in [-0.2, -0.15) is 0 Å². The van der Waals surface area contributed by atoms with Crippen LogP contribution in [0.3, 0.4) is 0 Å². The molecule has 1 aliphatic rings.